The van der Waals surface area contributed by atoms with Crippen molar-refractivity contribution in [2.45, 2.75) is 46.3 Å². The summed E-state index contributed by atoms with van der Waals surface area (Å²) < 4.78 is 6.53. The fourth-order valence-electron chi connectivity index (χ4n) is 3.98. The average molecular weight is 521 g/mol. The number of ether oxygens (including phenoxy) is 1. The molecule has 0 bridgehead atoms. The zero-order valence-electron chi connectivity index (χ0n) is 19.4. The number of hydrogen-bond donors (Lipinski definition) is 0. The summed E-state index contributed by atoms with van der Waals surface area (Å²) in [7, 11) is 0. The standard InChI is InChI=1S/C23H25BrClN3O2.C2H6/c1-23(2,3)30-22(29)28-11-9-27(10-12-28)21-17-7-6-16(25)13-15(17)14-19(24)18-5-4-8-26-20(18)21;1-2/h4-8,13-14,21H,9-12H2,1-3H3;1-2H3. The number of hydrogen-bond acceptors (Lipinski definition) is 4. The van der Waals surface area contributed by atoms with Gasteiger partial charge in [-0.3, -0.25) is 9.88 Å². The maximum Gasteiger partial charge on any atom is 0.410 e. The molecule has 32 heavy (non-hydrogen) atoms. The molecule has 1 aliphatic heterocycles. The van der Waals surface area contributed by atoms with Crippen molar-refractivity contribution in [3.63, 3.8) is 0 Å². The summed E-state index contributed by atoms with van der Waals surface area (Å²) >= 11 is 10.0. The molecular formula is C25H31BrClN3O2. The number of fused-ring (bicyclic) bond motifs is 2. The highest BCUT2D eigenvalue weighted by molar-refractivity contribution is 9.15. The molecule has 1 saturated heterocycles. The van der Waals surface area contributed by atoms with Crippen molar-refractivity contribution >= 4 is 44.2 Å². The molecule has 172 valence electrons. The maximum atomic E-state index is 12.5. The van der Waals surface area contributed by atoms with Crippen LogP contribution in [-0.2, 0) is 4.74 Å². The van der Waals surface area contributed by atoms with Gasteiger partial charge in [0.05, 0.1) is 11.7 Å². The van der Waals surface area contributed by atoms with Gasteiger partial charge >= 0.3 is 6.09 Å². The van der Waals surface area contributed by atoms with Crippen molar-refractivity contribution < 1.29 is 9.53 Å². The third-order valence-electron chi connectivity index (χ3n) is 5.31. The minimum Gasteiger partial charge on any atom is -0.444 e. The van der Waals surface area contributed by atoms with E-state index in [2.05, 4.69) is 39.0 Å². The van der Waals surface area contributed by atoms with Crippen molar-refractivity contribution in [2.75, 3.05) is 26.2 Å². The molecule has 1 fully saturated rings. The fourth-order valence-corrected chi connectivity index (χ4v) is 4.74. The third-order valence-corrected chi connectivity index (χ3v) is 6.20. The number of benzene rings is 1. The number of rotatable bonds is 1. The first-order valence-corrected chi connectivity index (χ1v) is 12.2. The lowest BCUT2D eigenvalue weighted by atomic mass is 9.96. The van der Waals surface area contributed by atoms with Gasteiger partial charge in [-0.05, 0) is 56.2 Å². The summed E-state index contributed by atoms with van der Waals surface area (Å²) in [6.07, 6.45) is 3.70. The average Bonchev–Trinajstić information content (AvgIpc) is 2.88. The number of carbonyl (C=O) groups is 1. The van der Waals surface area contributed by atoms with Crippen LogP contribution in [0.1, 0.15) is 63.0 Å². The van der Waals surface area contributed by atoms with Crippen LogP contribution in [0.2, 0.25) is 5.02 Å². The van der Waals surface area contributed by atoms with Crippen molar-refractivity contribution in [1.29, 1.82) is 0 Å². The molecule has 0 saturated carbocycles. The van der Waals surface area contributed by atoms with Crippen LogP contribution >= 0.6 is 27.5 Å². The van der Waals surface area contributed by atoms with Crippen LogP contribution in [0, 0.1) is 0 Å². The van der Waals surface area contributed by atoms with E-state index in [1.165, 1.54) is 5.56 Å². The predicted molar refractivity (Wildman–Crippen MR) is 135 cm³/mol. The molecule has 2 aliphatic rings. The second-order valence-corrected chi connectivity index (χ2v) is 9.90. The predicted octanol–water partition coefficient (Wildman–Crippen LogP) is 6.61. The first kappa shape index (κ1) is 24.7. The van der Waals surface area contributed by atoms with Crippen LogP contribution in [0.3, 0.4) is 0 Å². The molecule has 0 radical (unpaired) electrons. The molecule has 2 heterocycles. The molecule has 5 nitrogen and oxygen atoms in total. The highest BCUT2D eigenvalue weighted by Gasteiger charge is 2.34. The van der Waals surface area contributed by atoms with Crippen molar-refractivity contribution in [1.82, 2.24) is 14.8 Å². The van der Waals surface area contributed by atoms with E-state index < -0.39 is 5.60 Å². The Morgan fingerprint density at radius 2 is 1.84 bits per heavy atom. The van der Waals surface area contributed by atoms with Gasteiger partial charge < -0.3 is 9.64 Å². The third kappa shape index (κ3) is 5.53. The summed E-state index contributed by atoms with van der Waals surface area (Å²) in [5.74, 6) is 0. The van der Waals surface area contributed by atoms with Crippen LogP contribution in [0.4, 0.5) is 4.79 Å². The molecule has 0 N–H and O–H groups in total. The zero-order chi connectivity index (χ0) is 23.5. The molecule has 1 amide bonds. The maximum absolute atomic E-state index is 12.5. The summed E-state index contributed by atoms with van der Waals surface area (Å²) in [6, 6.07) is 10.0. The highest BCUT2D eigenvalue weighted by atomic mass is 79.9. The number of halogens is 2. The molecule has 1 unspecified atom stereocenters. The molecule has 0 spiro atoms. The Labute approximate surface area is 204 Å². The van der Waals surface area contributed by atoms with Crippen molar-refractivity contribution in [3.8, 4) is 0 Å². The number of aromatic nitrogens is 1. The van der Waals surface area contributed by atoms with E-state index in [9.17, 15) is 4.79 Å². The molecule has 1 aromatic heterocycles. The minimum atomic E-state index is -0.492. The normalized spacial score (nSPS) is 18.4. The van der Waals surface area contributed by atoms with Gasteiger partial charge in [-0.15, -0.1) is 0 Å². The summed E-state index contributed by atoms with van der Waals surface area (Å²) in [4.78, 5) is 21.4. The minimum absolute atomic E-state index is 0.0134. The Bertz CT molecular complexity index is 995. The van der Waals surface area contributed by atoms with Gasteiger partial charge in [-0.25, -0.2) is 4.79 Å². The fraction of sp³-hybridized carbons (Fsp3) is 0.440. The van der Waals surface area contributed by atoms with Gasteiger partial charge in [-0.1, -0.05) is 53.5 Å². The van der Waals surface area contributed by atoms with Crippen LogP contribution in [0.25, 0.3) is 10.6 Å². The highest BCUT2D eigenvalue weighted by Crippen LogP contribution is 2.41. The van der Waals surface area contributed by atoms with Crippen LogP contribution in [0.15, 0.2) is 36.5 Å². The SMILES string of the molecule is CC.CC(C)(C)OC(=O)N1CCN(C2c3ccc(Cl)cc3C=C(Br)c3cccnc32)CC1. The van der Waals surface area contributed by atoms with Crippen molar-refractivity contribution in [2.24, 2.45) is 0 Å². The lowest BCUT2D eigenvalue weighted by Crippen LogP contribution is -2.51. The first-order chi connectivity index (χ1) is 15.2. The monoisotopic (exact) mass is 519 g/mol. The largest absolute Gasteiger partial charge is 0.444 e. The van der Waals surface area contributed by atoms with Gasteiger partial charge in [0.15, 0.2) is 0 Å². The topological polar surface area (TPSA) is 45.7 Å². The number of pyridine rings is 1. The first-order valence-electron chi connectivity index (χ1n) is 11.1. The molecule has 1 atom stereocenters. The summed E-state index contributed by atoms with van der Waals surface area (Å²) in [6.45, 7) is 12.4. The van der Waals surface area contributed by atoms with E-state index in [-0.39, 0.29) is 12.1 Å². The number of piperazine rings is 1. The van der Waals surface area contributed by atoms with Crippen LogP contribution in [-0.4, -0.2) is 52.7 Å². The molecule has 7 heteroatoms. The van der Waals surface area contributed by atoms with Gasteiger partial charge in [0.1, 0.15) is 5.60 Å². The van der Waals surface area contributed by atoms with E-state index >= 15 is 0 Å². The van der Waals surface area contributed by atoms with Crippen LogP contribution < -0.4 is 0 Å². The smallest absolute Gasteiger partial charge is 0.410 e. The zero-order valence-corrected chi connectivity index (χ0v) is 21.7. The number of carbonyl (C=O) groups excluding carboxylic acids is 1. The second kappa shape index (κ2) is 10.4. The van der Waals surface area contributed by atoms with Gasteiger partial charge in [0.25, 0.3) is 0 Å². The van der Waals surface area contributed by atoms with Crippen molar-refractivity contribution in [3.05, 3.63) is 63.9 Å². The van der Waals surface area contributed by atoms with Gasteiger partial charge in [0, 0.05) is 47.4 Å². The molecule has 2 aromatic rings. The Kier molecular flexibility index (Phi) is 8.01. The Hall–Kier alpha value is -1.89. The Balaban J connectivity index is 0.00000141. The summed E-state index contributed by atoms with van der Waals surface area (Å²) in [5.41, 5.74) is 3.83. The van der Waals surface area contributed by atoms with Crippen LogP contribution in [0.5, 0.6) is 0 Å². The quantitative estimate of drug-likeness (QED) is 0.424. The van der Waals surface area contributed by atoms with E-state index in [1.807, 2.05) is 59.0 Å². The second-order valence-electron chi connectivity index (χ2n) is 8.61. The van der Waals surface area contributed by atoms with Gasteiger partial charge in [0.2, 0.25) is 0 Å². The lowest BCUT2D eigenvalue weighted by Gasteiger charge is -2.40. The van der Waals surface area contributed by atoms with E-state index in [1.54, 1.807) is 4.90 Å². The number of nitrogens with zero attached hydrogens (tertiary/aromatic N) is 3. The molecule has 1 aliphatic carbocycles. The Morgan fingerprint density at radius 3 is 2.50 bits per heavy atom. The van der Waals surface area contributed by atoms with E-state index in [0.717, 1.165) is 34.4 Å². The van der Waals surface area contributed by atoms with E-state index in [0.29, 0.717) is 18.1 Å². The number of amides is 1. The Morgan fingerprint density at radius 1 is 1.16 bits per heavy atom. The van der Waals surface area contributed by atoms with E-state index in [4.69, 9.17) is 21.3 Å². The molecular weight excluding hydrogens is 490 g/mol. The molecule has 1 aromatic carbocycles. The summed E-state index contributed by atoms with van der Waals surface area (Å²) in [5, 5.41) is 0.706. The lowest BCUT2D eigenvalue weighted by molar-refractivity contribution is 0.0118. The van der Waals surface area contributed by atoms with Gasteiger partial charge in [-0.2, -0.15) is 0 Å². The molecule has 4 rings (SSSR count).